The van der Waals surface area contributed by atoms with E-state index in [9.17, 15) is 0 Å². The second-order valence-electron chi connectivity index (χ2n) is 4.55. The number of hydrogen-bond acceptors (Lipinski definition) is 3. The van der Waals surface area contributed by atoms with Crippen LogP contribution in [0.3, 0.4) is 0 Å². The van der Waals surface area contributed by atoms with Crippen LogP contribution < -0.4 is 5.32 Å². The molecule has 4 unspecified atom stereocenters. The smallest absolute Gasteiger partial charge is 0.0295 e. The van der Waals surface area contributed by atoms with Gasteiger partial charge < -0.3 is 5.32 Å². The molecule has 1 nitrogen and oxygen atoms in total. The van der Waals surface area contributed by atoms with Crippen molar-refractivity contribution in [3.8, 4) is 11.8 Å². The SMILES string of the molecule is CC#CCCC(NCC)C1CSC(C)C(C)S1. The second kappa shape index (κ2) is 8.34. The Hall–Kier alpha value is 0.220. The van der Waals surface area contributed by atoms with Crippen molar-refractivity contribution in [1.82, 2.24) is 5.32 Å². The molecule has 1 aliphatic heterocycles. The molecular formula is C14H25NS2. The van der Waals surface area contributed by atoms with E-state index in [4.69, 9.17) is 0 Å². The Morgan fingerprint density at radius 1 is 1.35 bits per heavy atom. The van der Waals surface area contributed by atoms with Crippen molar-refractivity contribution >= 4 is 23.5 Å². The normalized spacial score (nSPS) is 30.5. The van der Waals surface area contributed by atoms with E-state index in [1.54, 1.807) is 0 Å². The summed E-state index contributed by atoms with van der Waals surface area (Å²) in [6.07, 6.45) is 2.22. The van der Waals surface area contributed by atoms with Gasteiger partial charge in [0, 0.05) is 34.0 Å². The molecule has 0 aromatic carbocycles. The van der Waals surface area contributed by atoms with Crippen molar-refractivity contribution in [2.24, 2.45) is 0 Å². The molecule has 17 heavy (non-hydrogen) atoms. The van der Waals surface area contributed by atoms with Gasteiger partial charge in [-0.25, -0.2) is 0 Å². The molecule has 0 aromatic heterocycles. The van der Waals surface area contributed by atoms with Gasteiger partial charge in [-0.1, -0.05) is 20.8 Å². The fraction of sp³-hybridized carbons (Fsp3) is 0.857. The van der Waals surface area contributed by atoms with Gasteiger partial charge in [-0.2, -0.15) is 23.5 Å². The van der Waals surface area contributed by atoms with Gasteiger partial charge in [0.2, 0.25) is 0 Å². The molecule has 0 aromatic rings. The van der Waals surface area contributed by atoms with Gasteiger partial charge in [0.05, 0.1) is 0 Å². The van der Waals surface area contributed by atoms with Crippen LogP contribution in [0.15, 0.2) is 0 Å². The highest BCUT2D eigenvalue weighted by atomic mass is 32.2. The van der Waals surface area contributed by atoms with E-state index in [2.05, 4.69) is 61.5 Å². The maximum absolute atomic E-state index is 3.64. The molecule has 4 atom stereocenters. The summed E-state index contributed by atoms with van der Waals surface area (Å²) in [6, 6.07) is 0.633. The highest BCUT2D eigenvalue weighted by Crippen LogP contribution is 2.37. The van der Waals surface area contributed by atoms with Gasteiger partial charge in [0.1, 0.15) is 0 Å². The summed E-state index contributed by atoms with van der Waals surface area (Å²) in [5.41, 5.74) is 0. The van der Waals surface area contributed by atoms with Crippen molar-refractivity contribution < 1.29 is 0 Å². The minimum atomic E-state index is 0.633. The topological polar surface area (TPSA) is 12.0 Å². The largest absolute Gasteiger partial charge is 0.313 e. The monoisotopic (exact) mass is 271 g/mol. The molecule has 98 valence electrons. The third-order valence-corrected chi connectivity index (χ3v) is 6.80. The van der Waals surface area contributed by atoms with Gasteiger partial charge in [-0.05, 0) is 19.9 Å². The average molecular weight is 271 g/mol. The van der Waals surface area contributed by atoms with Crippen molar-refractivity contribution in [2.75, 3.05) is 12.3 Å². The van der Waals surface area contributed by atoms with Crippen molar-refractivity contribution in [3.05, 3.63) is 0 Å². The van der Waals surface area contributed by atoms with E-state index in [0.29, 0.717) is 6.04 Å². The number of nitrogens with one attached hydrogen (secondary N) is 1. The lowest BCUT2D eigenvalue weighted by atomic mass is 10.1. The number of hydrogen-bond donors (Lipinski definition) is 1. The Morgan fingerprint density at radius 2 is 2.12 bits per heavy atom. The van der Waals surface area contributed by atoms with E-state index in [1.807, 2.05) is 6.92 Å². The summed E-state index contributed by atoms with van der Waals surface area (Å²) in [4.78, 5) is 0. The summed E-state index contributed by atoms with van der Waals surface area (Å²) in [5.74, 6) is 7.47. The van der Waals surface area contributed by atoms with Gasteiger partial charge in [-0.3, -0.25) is 0 Å². The molecular weight excluding hydrogens is 246 g/mol. The van der Waals surface area contributed by atoms with Crippen LogP contribution in [-0.2, 0) is 0 Å². The van der Waals surface area contributed by atoms with Gasteiger partial charge in [0.15, 0.2) is 0 Å². The van der Waals surface area contributed by atoms with Crippen LogP contribution >= 0.6 is 23.5 Å². The highest BCUT2D eigenvalue weighted by Gasteiger charge is 2.30. The van der Waals surface area contributed by atoms with Crippen molar-refractivity contribution in [3.63, 3.8) is 0 Å². The standard InChI is InChI=1S/C14H25NS2/c1-5-7-8-9-13(15-6-2)14-10-16-11(3)12(4)17-14/h11-15H,6,8-10H2,1-4H3. The molecule has 1 rings (SSSR count). The first-order valence-electron chi connectivity index (χ1n) is 6.59. The summed E-state index contributed by atoms with van der Waals surface area (Å²) in [6.45, 7) is 9.91. The van der Waals surface area contributed by atoms with Crippen LogP contribution in [0.4, 0.5) is 0 Å². The van der Waals surface area contributed by atoms with Crippen LogP contribution in [0, 0.1) is 11.8 Å². The predicted molar refractivity (Wildman–Crippen MR) is 82.9 cm³/mol. The maximum Gasteiger partial charge on any atom is 0.0295 e. The third-order valence-electron chi connectivity index (χ3n) is 3.25. The van der Waals surface area contributed by atoms with Gasteiger partial charge >= 0.3 is 0 Å². The quantitative estimate of drug-likeness (QED) is 0.770. The molecule has 0 bridgehead atoms. The predicted octanol–water partition coefficient (Wildman–Crippen LogP) is 3.39. The highest BCUT2D eigenvalue weighted by molar-refractivity contribution is 8.07. The molecule has 1 aliphatic rings. The first-order chi connectivity index (χ1) is 8.19. The molecule has 1 fully saturated rings. The molecule has 0 spiro atoms. The minimum absolute atomic E-state index is 0.633. The van der Waals surface area contributed by atoms with Crippen molar-refractivity contribution in [1.29, 1.82) is 0 Å². The molecule has 1 N–H and O–H groups in total. The fourth-order valence-corrected chi connectivity index (χ4v) is 5.22. The first kappa shape index (κ1) is 15.3. The number of rotatable bonds is 5. The second-order valence-corrected chi connectivity index (χ2v) is 7.58. The third kappa shape index (κ3) is 5.16. The Labute approximate surface area is 115 Å². The molecule has 1 heterocycles. The molecule has 1 saturated heterocycles. The van der Waals surface area contributed by atoms with E-state index in [0.717, 1.165) is 28.7 Å². The Balaban J connectivity index is 2.47. The lowest BCUT2D eigenvalue weighted by molar-refractivity contribution is 0.496. The summed E-state index contributed by atoms with van der Waals surface area (Å²) in [7, 11) is 0. The minimum Gasteiger partial charge on any atom is -0.313 e. The Bertz CT molecular complexity index is 269. The van der Waals surface area contributed by atoms with E-state index >= 15 is 0 Å². The zero-order chi connectivity index (χ0) is 12.7. The lowest BCUT2D eigenvalue weighted by Crippen LogP contribution is -2.43. The van der Waals surface area contributed by atoms with Crippen LogP contribution in [0.1, 0.15) is 40.5 Å². The van der Waals surface area contributed by atoms with E-state index < -0.39 is 0 Å². The van der Waals surface area contributed by atoms with Gasteiger partial charge in [-0.15, -0.1) is 11.8 Å². The summed E-state index contributed by atoms with van der Waals surface area (Å²) < 4.78 is 0. The van der Waals surface area contributed by atoms with Crippen LogP contribution in [-0.4, -0.2) is 34.1 Å². The first-order valence-corrected chi connectivity index (χ1v) is 8.58. The van der Waals surface area contributed by atoms with E-state index in [-0.39, 0.29) is 0 Å². The molecule has 3 heteroatoms. The molecule has 0 saturated carbocycles. The zero-order valence-electron chi connectivity index (χ0n) is 11.5. The van der Waals surface area contributed by atoms with Gasteiger partial charge in [0.25, 0.3) is 0 Å². The Morgan fingerprint density at radius 3 is 2.71 bits per heavy atom. The average Bonchev–Trinajstić information content (AvgIpc) is 2.32. The van der Waals surface area contributed by atoms with E-state index in [1.165, 1.54) is 12.2 Å². The fourth-order valence-electron chi connectivity index (χ4n) is 2.05. The maximum atomic E-state index is 3.64. The van der Waals surface area contributed by atoms with Crippen molar-refractivity contribution in [2.45, 2.75) is 62.3 Å². The zero-order valence-corrected chi connectivity index (χ0v) is 13.1. The lowest BCUT2D eigenvalue weighted by Gasteiger charge is -2.36. The number of thioether (sulfide) groups is 2. The Kier molecular flexibility index (Phi) is 7.50. The van der Waals surface area contributed by atoms with Crippen LogP contribution in [0.2, 0.25) is 0 Å². The summed E-state index contributed by atoms with van der Waals surface area (Å²) in [5, 5.41) is 5.97. The van der Waals surface area contributed by atoms with Crippen LogP contribution in [0.5, 0.6) is 0 Å². The molecule has 0 aliphatic carbocycles. The van der Waals surface area contributed by atoms with Crippen LogP contribution in [0.25, 0.3) is 0 Å². The molecule has 0 amide bonds. The molecule has 0 radical (unpaired) electrons. The summed E-state index contributed by atoms with van der Waals surface area (Å²) >= 11 is 4.30.